The number of guanidine groups is 1. The van der Waals surface area contributed by atoms with Gasteiger partial charge < -0.3 is 21.1 Å². The fraction of sp³-hybridized carbons (Fsp3) is 0.688. The fourth-order valence-corrected chi connectivity index (χ4v) is 2.22. The van der Waals surface area contributed by atoms with Gasteiger partial charge >= 0.3 is 0 Å². The maximum absolute atomic E-state index is 11.6. The summed E-state index contributed by atoms with van der Waals surface area (Å²) in [5.41, 5.74) is -0.363. The predicted octanol–water partition coefficient (Wildman–Crippen LogP) is 0.327. The molecule has 1 unspecified atom stereocenters. The summed E-state index contributed by atoms with van der Waals surface area (Å²) in [6, 6.07) is 0. The second kappa shape index (κ2) is 9.95. The molecule has 25 heavy (non-hydrogen) atoms. The number of aromatic nitrogens is 2. The number of hydrogen-bond donors (Lipinski definition) is 4. The molecule has 1 saturated carbocycles. The summed E-state index contributed by atoms with van der Waals surface area (Å²) >= 11 is 0. The number of aliphatic imine (C=N–C) groups is 1. The first-order valence-corrected chi connectivity index (χ1v) is 8.44. The number of amides is 1. The van der Waals surface area contributed by atoms with E-state index in [-0.39, 0.29) is 42.3 Å². The van der Waals surface area contributed by atoms with Crippen molar-refractivity contribution in [1.29, 1.82) is 0 Å². The number of carbonyl (C=O) groups excluding carboxylic acids is 1. The molecule has 0 spiro atoms. The van der Waals surface area contributed by atoms with E-state index in [1.165, 1.54) is 0 Å². The molecule has 1 aliphatic carbocycles. The average molecular weight is 464 g/mol. The number of carbonyl (C=O) groups is 1. The summed E-state index contributed by atoms with van der Waals surface area (Å²) in [4.78, 5) is 16.0. The highest BCUT2D eigenvalue weighted by Gasteiger charge is 2.29. The smallest absolute Gasteiger partial charge is 0.223 e. The van der Waals surface area contributed by atoms with Crippen LogP contribution < -0.4 is 16.0 Å². The van der Waals surface area contributed by atoms with Gasteiger partial charge in [0.05, 0.1) is 12.7 Å². The highest BCUT2D eigenvalue weighted by molar-refractivity contribution is 14.0. The van der Waals surface area contributed by atoms with Crippen LogP contribution in [-0.2, 0) is 17.4 Å². The Morgan fingerprint density at radius 1 is 1.40 bits per heavy atom. The zero-order chi connectivity index (χ0) is 17.6. The number of aliphatic hydroxyl groups is 1. The number of nitrogens with one attached hydrogen (secondary N) is 3. The van der Waals surface area contributed by atoms with Crippen molar-refractivity contribution >= 4 is 35.8 Å². The lowest BCUT2D eigenvalue weighted by molar-refractivity contribution is -0.122. The Bertz CT molecular complexity index is 583. The Kier molecular flexibility index (Phi) is 8.63. The van der Waals surface area contributed by atoms with Crippen molar-refractivity contribution in [3.05, 3.63) is 18.0 Å². The van der Waals surface area contributed by atoms with Crippen LogP contribution >= 0.6 is 24.0 Å². The maximum atomic E-state index is 11.6. The molecule has 9 heteroatoms. The molecule has 0 saturated heterocycles. The van der Waals surface area contributed by atoms with E-state index in [0.717, 1.165) is 24.9 Å². The normalized spacial score (nSPS) is 16.6. The van der Waals surface area contributed by atoms with Gasteiger partial charge in [0.2, 0.25) is 5.91 Å². The highest BCUT2D eigenvalue weighted by atomic mass is 127. The fourth-order valence-electron chi connectivity index (χ4n) is 2.22. The highest BCUT2D eigenvalue weighted by Crippen LogP contribution is 2.28. The van der Waals surface area contributed by atoms with Crippen molar-refractivity contribution in [3.63, 3.8) is 0 Å². The Balaban J connectivity index is 0.00000312. The molecule has 0 radical (unpaired) electrons. The molecule has 142 valence electrons. The molecule has 1 amide bonds. The summed E-state index contributed by atoms with van der Waals surface area (Å²) in [5.74, 6) is 0.974. The lowest BCUT2D eigenvalue weighted by Gasteiger charge is -2.20. The Hall–Kier alpha value is -1.36. The van der Waals surface area contributed by atoms with Crippen LogP contribution in [-0.4, -0.2) is 52.9 Å². The van der Waals surface area contributed by atoms with Crippen LogP contribution in [0.1, 0.15) is 32.3 Å². The zero-order valence-electron chi connectivity index (χ0n) is 15.1. The van der Waals surface area contributed by atoms with Crippen LogP contribution in [0.25, 0.3) is 0 Å². The predicted molar refractivity (Wildman–Crippen MR) is 108 cm³/mol. The summed E-state index contributed by atoms with van der Waals surface area (Å²) < 4.78 is 1.65. The number of aryl methyl sites for hydroxylation is 1. The number of halogens is 1. The van der Waals surface area contributed by atoms with Gasteiger partial charge in [-0.2, -0.15) is 5.10 Å². The van der Waals surface area contributed by atoms with Gasteiger partial charge in [-0.1, -0.05) is 0 Å². The van der Waals surface area contributed by atoms with Gasteiger partial charge in [0, 0.05) is 44.4 Å². The third kappa shape index (κ3) is 7.18. The topological polar surface area (TPSA) is 104 Å². The van der Waals surface area contributed by atoms with Gasteiger partial charge in [-0.05, 0) is 26.7 Å². The Morgan fingerprint density at radius 2 is 2.08 bits per heavy atom. The van der Waals surface area contributed by atoms with Crippen LogP contribution in [0, 0.1) is 5.92 Å². The van der Waals surface area contributed by atoms with E-state index in [9.17, 15) is 9.90 Å². The van der Waals surface area contributed by atoms with E-state index in [4.69, 9.17) is 0 Å². The second-order valence-electron chi connectivity index (χ2n) is 6.36. The number of rotatable bonds is 8. The van der Waals surface area contributed by atoms with E-state index in [1.54, 1.807) is 24.0 Å². The van der Waals surface area contributed by atoms with Crippen molar-refractivity contribution in [2.75, 3.05) is 26.2 Å². The van der Waals surface area contributed by atoms with Crippen molar-refractivity contribution in [2.24, 2.45) is 18.0 Å². The molecule has 0 aromatic carbocycles. The summed E-state index contributed by atoms with van der Waals surface area (Å²) in [6.45, 7) is 5.76. The molecule has 1 aromatic rings. The van der Waals surface area contributed by atoms with Crippen molar-refractivity contribution in [3.8, 4) is 0 Å². The monoisotopic (exact) mass is 464 g/mol. The van der Waals surface area contributed by atoms with Gasteiger partial charge in [0.1, 0.15) is 5.60 Å². The number of nitrogens with zero attached hydrogens (tertiary/aromatic N) is 3. The molecule has 0 aliphatic heterocycles. The minimum Gasteiger partial charge on any atom is -0.383 e. The molecule has 2 rings (SSSR count). The summed E-state index contributed by atoms with van der Waals surface area (Å²) in [7, 11) is 1.81. The van der Waals surface area contributed by atoms with Crippen molar-refractivity contribution < 1.29 is 9.90 Å². The SMILES string of the molecule is CCNC(=NCC(C)(O)c1cnn(C)c1)NCCNC(=O)C1CC1.I. The van der Waals surface area contributed by atoms with E-state index < -0.39 is 5.60 Å². The minimum absolute atomic E-state index is 0. The van der Waals surface area contributed by atoms with Gasteiger partial charge in [0.15, 0.2) is 5.96 Å². The molecule has 1 heterocycles. The maximum Gasteiger partial charge on any atom is 0.223 e. The van der Waals surface area contributed by atoms with Gasteiger partial charge in [-0.25, -0.2) is 4.99 Å². The number of hydrogen-bond acceptors (Lipinski definition) is 4. The summed E-state index contributed by atoms with van der Waals surface area (Å²) in [6.07, 6.45) is 5.44. The second-order valence-corrected chi connectivity index (χ2v) is 6.36. The van der Waals surface area contributed by atoms with Crippen LogP contribution in [0.5, 0.6) is 0 Å². The average Bonchev–Trinajstić information content (AvgIpc) is 3.30. The molecule has 1 aromatic heterocycles. The standard InChI is InChI=1S/C16H28N6O2.HI/c1-4-17-15(19-8-7-18-14(23)12-5-6-12)20-11-16(2,24)13-9-21-22(3)10-13;/h9-10,12,24H,4-8,11H2,1-3H3,(H,18,23)(H2,17,19,20);1H. The van der Waals surface area contributed by atoms with E-state index in [0.29, 0.717) is 19.0 Å². The molecule has 4 N–H and O–H groups in total. The molecule has 1 aliphatic rings. The first-order chi connectivity index (χ1) is 11.4. The lowest BCUT2D eigenvalue weighted by Crippen LogP contribution is -2.42. The first-order valence-electron chi connectivity index (χ1n) is 8.44. The Labute approximate surface area is 165 Å². The quantitative estimate of drug-likeness (QED) is 0.192. The van der Waals surface area contributed by atoms with E-state index >= 15 is 0 Å². The molecule has 8 nitrogen and oxygen atoms in total. The minimum atomic E-state index is -1.09. The van der Waals surface area contributed by atoms with Crippen LogP contribution in [0.4, 0.5) is 0 Å². The lowest BCUT2D eigenvalue weighted by atomic mass is 10.0. The third-order valence-electron chi connectivity index (χ3n) is 3.88. The van der Waals surface area contributed by atoms with Gasteiger partial charge in [-0.3, -0.25) is 9.48 Å². The van der Waals surface area contributed by atoms with Crippen molar-refractivity contribution in [2.45, 2.75) is 32.3 Å². The van der Waals surface area contributed by atoms with Crippen LogP contribution in [0.3, 0.4) is 0 Å². The van der Waals surface area contributed by atoms with E-state index in [1.807, 2.05) is 14.0 Å². The molecular weight excluding hydrogens is 435 g/mol. The third-order valence-corrected chi connectivity index (χ3v) is 3.88. The van der Waals surface area contributed by atoms with Crippen LogP contribution in [0.15, 0.2) is 17.4 Å². The first kappa shape index (κ1) is 21.7. The van der Waals surface area contributed by atoms with Gasteiger partial charge in [-0.15, -0.1) is 24.0 Å². The van der Waals surface area contributed by atoms with Crippen LogP contribution in [0.2, 0.25) is 0 Å². The largest absolute Gasteiger partial charge is 0.383 e. The van der Waals surface area contributed by atoms with Gasteiger partial charge in [0.25, 0.3) is 0 Å². The molecule has 0 bridgehead atoms. The zero-order valence-corrected chi connectivity index (χ0v) is 17.4. The summed E-state index contributed by atoms with van der Waals surface area (Å²) in [5, 5.41) is 23.8. The molecule has 1 fully saturated rings. The molecule has 1 atom stereocenters. The molecular formula is C16H29IN6O2. The Morgan fingerprint density at radius 3 is 2.64 bits per heavy atom. The van der Waals surface area contributed by atoms with E-state index in [2.05, 4.69) is 26.0 Å². The van der Waals surface area contributed by atoms with Crippen molar-refractivity contribution in [1.82, 2.24) is 25.7 Å².